The van der Waals surface area contributed by atoms with E-state index in [1.165, 1.54) is 0 Å². The number of hydrogen-bond acceptors (Lipinski definition) is 5. The molecule has 2 heterocycles. The molecule has 1 saturated heterocycles. The normalized spacial score (nSPS) is 16.7. The van der Waals surface area contributed by atoms with Crippen LogP contribution in [-0.2, 0) is 0 Å². The van der Waals surface area contributed by atoms with Gasteiger partial charge in [0.05, 0.1) is 7.11 Å². The van der Waals surface area contributed by atoms with Crippen molar-refractivity contribution in [2.45, 2.75) is 19.4 Å². The summed E-state index contributed by atoms with van der Waals surface area (Å²) in [5.41, 5.74) is 2.23. The minimum Gasteiger partial charge on any atom is -0.497 e. The third kappa shape index (κ3) is 4.00. The van der Waals surface area contributed by atoms with Crippen LogP contribution < -0.4 is 14.8 Å². The Morgan fingerprint density at radius 3 is 2.92 bits per heavy atom. The Kier molecular flexibility index (Phi) is 5.25. The van der Waals surface area contributed by atoms with Crippen LogP contribution in [0.4, 0.5) is 5.69 Å². The number of carbonyl (C=O) groups is 1. The Balaban J connectivity index is 1.70. The molecule has 1 fully saturated rings. The van der Waals surface area contributed by atoms with E-state index in [9.17, 15) is 4.79 Å². The van der Waals surface area contributed by atoms with E-state index < -0.39 is 0 Å². The first-order chi connectivity index (χ1) is 11.7. The van der Waals surface area contributed by atoms with Crippen molar-refractivity contribution < 1.29 is 14.3 Å². The van der Waals surface area contributed by atoms with Crippen molar-refractivity contribution in [3.8, 4) is 11.6 Å². The molecule has 1 N–H and O–H groups in total. The number of benzene rings is 1. The van der Waals surface area contributed by atoms with E-state index in [2.05, 4.69) is 10.3 Å². The second-order valence-electron chi connectivity index (χ2n) is 5.62. The molecule has 3 rings (SSSR count). The van der Waals surface area contributed by atoms with E-state index in [1.807, 2.05) is 36.9 Å². The van der Waals surface area contributed by atoms with Gasteiger partial charge in [0.1, 0.15) is 11.9 Å². The zero-order chi connectivity index (χ0) is 16.9. The monoisotopic (exact) mass is 344 g/mol. The van der Waals surface area contributed by atoms with Crippen molar-refractivity contribution in [3.63, 3.8) is 0 Å². The quantitative estimate of drug-likeness (QED) is 0.899. The predicted octanol–water partition coefficient (Wildman–Crippen LogP) is 3.54. The Hall–Kier alpha value is -2.21. The van der Waals surface area contributed by atoms with Crippen LogP contribution in [0, 0.1) is 6.92 Å². The lowest BCUT2D eigenvalue weighted by Crippen LogP contribution is -2.17. The van der Waals surface area contributed by atoms with Gasteiger partial charge in [0.25, 0.3) is 5.91 Å². The molecule has 24 heavy (non-hydrogen) atoms. The highest BCUT2D eigenvalue weighted by molar-refractivity contribution is 7.99. The van der Waals surface area contributed by atoms with Crippen LogP contribution in [0.15, 0.2) is 36.5 Å². The molecule has 5 nitrogen and oxygen atoms in total. The van der Waals surface area contributed by atoms with Crippen LogP contribution in [0.1, 0.15) is 22.3 Å². The summed E-state index contributed by atoms with van der Waals surface area (Å²) in [6.45, 7) is 1.93. The number of anilines is 1. The fraction of sp³-hybridized carbons (Fsp3) is 0.333. The molecular weight excluding hydrogens is 324 g/mol. The zero-order valence-corrected chi connectivity index (χ0v) is 14.6. The van der Waals surface area contributed by atoms with E-state index in [-0.39, 0.29) is 12.0 Å². The number of nitrogens with zero attached hydrogens (tertiary/aromatic N) is 1. The topological polar surface area (TPSA) is 60.5 Å². The second kappa shape index (κ2) is 7.57. The smallest absolute Gasteiger partial charge is 0.255 e. The van der Waals surface area contributed by atoms with Gasteiger partial charge in [-0.15, -0.1) is 0 Å². The standard InChI is InChI=1S/C18H20N2O3S/c1-12-9-14(22-2)3-4-16(12)20-18(21)13-5-7-19-17(10-13)23-15-6-8-24-11-15/h3-5,7,9-10,15H,6,8,11H2,1-2H3,(H,20,21). The molecule has 1 unspecified atom stereocenters. The van der Waals surface area contributed by atoms with Crippen molar-refractivity contribution in [1.82, 2.24) is 4.98 Å². The van der Waals surface area contributed by atoms with Gasteiger partial charge in [0.15, 0.2) is 0 Å². The maximum Gasteiger partial charge on any atom is 0.255 e. The minimum absolute atomic E-state index is 0.184. The molecule has 0 saturated carbocycles. The van der Waals surface area contributed by atoms with E-state index in [4.69, 9.17) is 9.47 Å². The summed E-state index contributed by atoms with van der Waals surface area (Å²) in [5, 5.41) is 2.92. The summed E-state index contributed by atoms with van der Waals surface area (Å²) in [6, 6.07) is 8.91. The van der Waals surface area contributed by atoms with Gasteiger partial charge < -0.3 is 14.8 Å². The summed E-state index contributed by atoms with van der Waals surface area (Å²) in [6.07, 6.45) is 2.81. The molecule has 0 radical (unpaired) electrons. The van der Waals surface area contributed by atoms with Gasteiger partial charge in [-0.1, -0.05) is 0 Å². The van der Waals surface area contributed by atoms with Gasteiger partial charge in [-0.3, -0.25) is 4.79 Å². The lowest BCUT2D eigenvalue weighted by atomic mass is 10.1. The molecule has 126 valence electrons. The maximum atomic E-state index is 12.5. The number of nitrogens with one attached hydrogen (secondary N) is 1. The van der Waals surface area contributed by atoms with Crippen molar-refractivity contribution in [1.29, 1.82) is 0 Å². The summed E-state index contributed by atoms with van der Waals surface area (Å²) < 4.78 is 11.0. The lowest BCUT2D eigenvalue weighted by molar-refractivity contribution is 0.102. The number of thioether (sulfide) groups is 1. The van der Waals surface area contributed by atoms with Crippen LogP contribution in [0.25, 0.3) is 0 Å². The molecule has 1 aliphatic rings. The van der Waals surface area contributed by atoms with Gasteiger partial charge >= 0.3 is 0 Å². The third-order valence-corrected chi connectivity index (χ3v) is 4.99. The van der Waals surface area contributed by atoms with E-state index >= 15 is 0 Å². The van der Waals surface area contributed by atoms with Gasteiger partial charge in [0, 0.05) is 29.3 Å². The predicted molar refractivity (Wildman–Crippen MR) is 96.3 cm³/mol. The average Bonchev–Trinajstić information content (AvgIpc) is 3.09. The van der Waals surface area contributed by atoms with Gasteiger partial charge in [-0.05, 0) is 48.9 Å². The third-order valence-electron chi connectivity index (χ3n) is 3.85. The lowest BCUT2D eigenvalue weighted by Gasteiger charge is -2.13. The fourth-order valence-corrected chi connectivity index (χ4v) is 3.58. The number of carbonyl (C=O) groups excluding carboxylic acids is 1. The van der Waals surface area contributed by atoms with Crippen molar-refractivity contribution in [2.75, 3.05) is 23.9 Å². The van der Waals surface area contributed by atoms with E-state index in [0.29, 0.717) is 11.4 Å². The first kappa shape index (κ1) is 16.6. The number of aromatic nitrogens is 1. The minimum atomic E-state index is -0.184. The zero-order valence-electron chi connectivity index (χ0n) is 13.7. The number of rotatable bonds is 5. The molecule has 1 aromatic carbocycles. The SMILES string of the molecule is COc1ccc(NC(=O)c2ccnc(OC3CCSC3)c2)c(C)c1. The molecule has 1 aromatic heterocycles. The highest BCUT2D eigenvalue weighted by Gasteiger charge is 2.18. The molecule has 0 spiro atoms. The Labute approximate surface area is 145 Å². The van der Waals surface area contributed by atoms with Crippen LogP contribution in [-0.4, -0.2) is 35.6 Å². The summed E-state index contributed by atoms with van der Waals surface area (Å²) in [4.78, 5) is 16.7. The van der Waals surface area contributed by atoms with Crippen molar-refractivity contribution >= 4 is 23.4 Å². The highest BCUT2D eigenvalue weighted by atomic mass is 32.2. The molecule has 6 heteroatoms. The maximum absolute atomic E-state index is 12.5. The Bertz CT molecular complexity index is 730. The van der Waals surface area contributed by atoms with Crippen LogP contribution in [0.5, 0.6) is 11.6 Å². The molecule has 1 atom stereocenters. The van der Waals surface area contributed by atoms with Crippen molar-refractivity contribution in [3.05, 3.63) is 47.7 Å². The largest absolute Gasteiger partial charge is 0.497 e. The van der Waals surface area contributed by atoms with Crippen LogP contribution in [0.3, 0.4) is 0 Å². The first-order valence-corrected chi connectivity index (χ1v) is 8.97. The van der Waals surface area contributed by atoms with E-state index in [0.717, 1.165) is 34.9 Å². The molecule has 0 aliphatic carbocycles. The molecule has 0 bridgehead atoms. The van der Waals surface area contributed by atoms with Crippen LogP contribution >= 0.6 is 11.8 Å². The summed E-state index contributed by atoms with van der Waals surface area (Å²) in [5.74, 6) is 3.17. The average molecular weight is 344 g/mol. The Morgan fingerprint density at radius 1 is 1.33 bits per heavy atom. The number of pyridine rings is 1. The number of hydrogen-bond donors (Lipinski definition) is 1. The van der Waals surface area contributed by atoms with Crippen LogP contribution in [0.2, 0.25) is 0 Å². The van der Waals surface area contributed by atoms with Gasteiger partial charge in [-0.2, -0.15) is 11.8 Å². The summed E-state index contributed by atoms with van der Waals surface area (Å²) >= 11 is 1.88. The van der Waals surface area contributed by atoms with E-state index in [1.54, 1.807) is 25.4 Å². The number of amides is 1. The fourth-order valence-electron chi connectivity index (χ4n) is 2.49. The molecule has 1 amide bonds. The van der Waals surface area contributed by atoms with Crippen molar-refractivity contribution in [2.24, 2.45) is 0 Å². The number of aryl methyl sites for hydroxylation is 1. The molecule has 2 aromatic rings. The van der Waals surface area contributed by atoms with Gasteiger partial charge in [-0.25, -0.2) is 4.98 Å². The molecule has 1 aliphatic heterocycles. The summed E-state index contributed by atoms with van der Waals surface area (Å²) in [7, 11) is 1.62. The number of methoxy groups -OCH3 is 1. The Morgan fingerprint density at radius 2 is 2.21 bits per heavy atom. The highest BCUT2D eigenvalue weighted by Crippen LogP contribution is 2.24. The first-order valence-electron chi connectivity index (χ1n) is 7.82. The number of ether oxygens (including phenoxy) is 2. The van der Waals surface area contributed by atoms with Gasteiger partial charge in [0.2, 0.25) is 5.88 Å². The second-order valence-corrected chi connectivity index (χ2v) is 6.77. The molecular formula is C18H20N2O3S.